The second-order valence-corrected chi connectivity index (χ2v) is 5.67. The fraction of sp³-hybridized carbons (Fsp3) is 0.600. The maximum Gasteiger partial charge on any atom is 0.124 e. The third-order valence-corrected chi connectivity index (χ3v) is 4.14. The van der Waals surface area contributed by atoms with Gasteiger partial charge in [-0.25, -0.2) is 4.39 Å². The third kappa shape index (κ3) is 4.69. The van der Waals surface area contributed by atoms with E-state index in [9.17, 15) is 4.39 Å². The molecule has 0 aromatic heterocycles. The minimum absolute atomic E-state index is 0.186. The van der Waals surface area contributed by atoms with Crippen LogP contribution in [0.3, 0.4) is 0 Å². The molecule has 0 radical (unpaired) electrons. The van der Waals surface area contributed by atoms with Crippen LogP contribution in [0.15, 0.2) is 22.7 Å². The van der Waals surface area contributed by atoms with Crippen molar-refractivity contribution >= 4 is 15.9 Å². The fourth-order valence-electron chi connectivity index (χ4n) is 1.94. The number of hydrogen-bond donors (Lipinski definition) is 0. The third-order valence-electron chi connectivity index (χ3n) is 3.40. The Kier molecular flexibility index (Phi) is 6.87. The predicted octanol–water partition coefficient (Wildman–Crippen LogP) is 4.99. The molecule has 0 saturated heterocycles. The van der Waals surface area contributed by atoms with Gasteiger partial charge in [-0.3, -0.25) is 4.90 Å². The highest BCUT2D eigenvalue weighted by molar-refractivity contribution is 9.10. The van der Waals surface area contributed by atoms with Gasteiger partial charge in [-0.05, 0) is 44.0 Å². The molecule has 1 atom stereocenters. The summed E-state index contributed by atoms with van der Waals surface area (Å²) in [6, 6.07) is 5.52. The summed E-state index contributed by atoms with van der Waals surface area (Å²) in [5.74, 6) is -0.186. The molecular weight excluding hydrogens is 293 g/mol. The first-order valence-corrected chi connectivity index (χ1v) is 7.55. The summed E-state index contributed by atoms with van der Waals surface area (Å²) in [5.41, 5.74) is 1.16. The normalized spacial score (nSPS) is 13.0. The number of halogens is 2. The Hall–Kier alpha value is -0.410. The lowest BCUT2D eigenvalue weighted by Crippen LogP contribution is -2.33. The number of hydrogen-bond acceptors (Lipinski definition) is 1. The summed E-state index contributed by atoms with van der Waals surface area (Å²) in [5, 5.41) is 0. The smallest absolute Gasteiger partial charge is 0.124 e. The Morgan fingerprint density at radius 3 is 2.61 bits per heavy atom. The fourth-order valence-corrected chi connectivity index (χ4v) is 2.42. The van der Waals surface area contributed by atoms with Crippen molar-refractivity contribution in [3.8, 4) is 0 Å². The van der Waals surface area contributed by atoms with E-state index >= 15 is 0 Å². The molecule has 0 heterocycles. The first kappa shape index (κ1) is 15.6. The molecule has 0 amide bonds. The molecule has 102 valence electrons. The molecule has 1 aromatic rings. The van der Waals surface area contributed by atoms with Gasteiger partial charge in [-0.15, -0.1) is 0 Å². The summed E-state index contributed by atoms with van der Waals surface area (Å²) < 4.78 is 13.9. The van der Waals surface area contributed by atoms with Crippen molar-refractivity contribution < 1.29 is 4.39 Å². The predicted molar refractivity (Wildman–Crippen MR) is 79.2 cm³/mol. The van der Waals surface area contributed by atoms with E-state index in [1.54, 1.807) is 6.07 Å². The van der Waals surface area contributed by atoms with Crippen molar-refractivity contribution in [3.05, 3.63) is 34.1 Å². The van der Waals surface area contributed by atoms with Crippen LogP contribution in [-0.2, 0) is 6.54 Å². The largest absolute Gasteiger partial charge is 0.296 e. The minimum atomic E-state index is -0.186. The molecule has 1 aromatic carbocycles. The molecule has 1 rings (SSSR count). The maximum absolute atomic E-state index is 13.1. The van der Waals surface area contributed by atoms with Gasteiger partial charge in [0.2, 0.25) is 0 Å². The molecule has 0 aliphatic carbocycles. The van der Waals surface area contributed by atoms with E-state index in [-0.39, 0.29) is 5.82 Å². The lowest BCUT2D eigenvalue weighted by atomic mass is 10.1. The first-order chi connectivity index (χ1) is 8.58. The van der Waals surface area contributed by atoms with Crippen LogP contribution in [0, 0.1) is 5.82 Å². The van der Waals surface area contributed by atoms with Crippen molar-refractivity contribution in [3.63, 3.8) is 0 Å². The highest BCUT2D eigenvalue weighted by Crippen LogP contribution is 2.21. The van der Waals surface area contributed by atoms with Gasteiger partial charge in [-0.1, -0.05) is 42.3 Å². The molecule has 0 fully saturated rings. The van der Waals surface area contributed by atoms with Gasteiger partial charge >= 0.3 is 0 Å². The Labute approximate surface area is 119 Å². The van der Waals surface area contributed by atoms with Gasteiger partial charge in [0.25, 0.3) is 0 Å². The zero-order valence-electron chi connectivity index (χ0n) is 11.5. The van der Waals surface area contributed by atoms with Gasteiger partial charge < -0.3 is 0 Å². The standard InChI is InChI=1S/C15H23BrFN/c1-4-6-9-18(12(3)5-2)11-13-7-8-14(17)10-15(13)16/h7-8,10,12H,4-6,9,11H2,1-3H3. The van der Waals surface area contributed by atoms with Gasteiger partial charge in [0, 0.05) is 17.1 Å². The molecule has 3 heteroatoms. The maximum atomic E-state index is 13.1. The van der Waals surface area contributed by atoms with Crippen molar-refractivity contribution in [1.82, 2.24) is 4.90 Å². The Morgan fingerprint density at radius 1 is 1.33 bits per heavy atom. The SMILES string of the molecule is CCCCN(Cc1ccc(F)cc1Br)C(C)CC. The van der Waals surface area contributed by atoms with Gasteiger partial charge in [-0.2, -0.15) is 0 Å². The van der Waals surface area contributed by atoms with E-state index in [0.717, 1.165) is 29.5 Å². The van der Waals surface area contributed by atoms with Gasteiger partial charge in [0.1, 0.15) is 5.82 Å². The number of unbranched alkanes of at least 4 members (excludes halogenated alkanes) is 1. The molecule has 1 unspecified atom stereocenters. The highest BCUT2D eigenvalue weighted by Gasteiger charge is 2.13. The monoisotopic (exact) mass is 315 g/mol. The van der Waals surface area contributed by atoms with Gasteiger partial charge in [0.15, 0.2) is 0 Å². The molecule has 0 spiro atoms. The van der Waals surface area contributed by atoms with E-state index in [1.807, 2.05) is 6.07 Å². The first-order valence-electron chi connectivity index (χ1n) is 6.76. The van der Waals surface area contributed by atoms with Crippen LogP contribution in [0.2, 0.25) is 0 Å². The molecule has 0 aliphatic rings. The average Bonchev–Trinajstić information content (AvgIpc) is 2.36. The van der Waals surface area contributed by atoms with Crippen molar-refractivity contribution in [2.45, 2.75) is 52.6 Å². The molecule has 18 heavy (non-hydrogen) atoms. The van der Waals surface area contributed by atoms with Crippen LogP contribution in [0.25, 0.3) is 0 Å². The van der Waals surface area contributed by atoms with E-state index in [4.69, 9.17) is 0 Å². The van der Waals surface area contributed by atoms with Crippen LogP contribution >= 0.6 is 15.9 Å². The van der Waals surface area contributed by atoms with Crippen LogP contribution in [0.4, 0.5) is 4.39 Å². The molecule has 1 nitrogen and oxygen atoms in total. The molecular formula is C15H23BrFN. The van der Waals surface area contributed by atoms with Crippen LogP contribution < -0.4 is 0 Å². The van der Waals surface area contributed by atoms with E-state index in [0.29, 0.717) is 6.04 Å². The number of nitrogens with zero attached hydrogens (tertiary/aromatic N) is 1. The molecule has 0 bridgehead atoms. The summed E-state index contributed by atoms with van der Waals surface area (Å²) in [4.78, 5) is 2.47. The van der Waals surface area contributed by atoms with E-state index in [1.165, 1.54) is 18.9 Å². The van der Waals surface area contributed by atoms with E-state index < -0.39 is 0 Å². The average molecular weight is 316 g/mol. The number of rotatable bonds is 7. The van der Waals surface area contributed by atoms with Crippen LogP contribution in [0.1, 0.15) is 45.6 Å². The lowest BCUT2D eigenvalue weighted by molar-refractivity contribution is 0.192. The van der Waals surface area contributed by atoms with Crippen molar-refractivity contribution in [2.75, 3.05) is 6.54 Å². The van der Waals surface area contributed by atoms with Crippen molar-refractivity contribution in [1.29, 1.82) is 0 Å². The quantitative estimate of drug-likeness (QED) is 0.685. The molecule has 0 N–H and O–H groups in total. The Balaban J connectivity index is 2.75. The second kappa shape index (κ2) is 7.90. The Bertz CT molecular complexity index is 368. The molecule has 0 saturated carbocycles. The Morgan fingerprint density at radius 2 is 2.06 bits per heavy atom. The van der Waals surface area contributed by atoms with Gasteiger partial charge in [0.05, 0.1) is 0 Å². The number of benzene rings is 1. The highest BCUT2D eigenvalue weighted by atomic mass is 79.9. The second-order valence-electron chi connectivity index (χ2n) is 4.82. The summed E-state index contributed by atoms with van der Waals surface area (Å²) in [7, 11) is 0. The zero-order valence-corrected chi connectivity index (χ0v) is 13.1. The minimum Gasteiger partial charge on any atom is -0.296 e. The van der Waals surface area contributed by atoms with Crippen LogP contribution in [-0.4, -0.2) is 17.5 Å². The summed E-state index contributed by atoms with van der Waals surface area (Å²) in [6.07, 6.45) is 3.56. The lowest BCUT2D eigenvalue weighted by Gasteiger charge is -2.28. The van der Waals surface area contributed by atoms with Crippen LogP contribution in [0.5, 0.6) is 0 Å². The summed E-state index contributed by atoms with van der Waals surface area (Å²) >= 11 is 3.45. The van der Waals surface area contributed by atoms with E-state index in [2.05, 4.69) is 41.6 Å². The van der Waals surface area contributed by atoms with Crippen molar-refractivity contribution in [2.24, 2.45) is 0 Å². The summed E-state index contributed by atoms with van der Waals surface area (Å²) in [6.45, 7) is 8.67. The zero-order chi connectivity index (χ0) is 13.5. The topological polar surface area (TPSA) is 3.24 Å². The molecule has 0 aliphatic heterocycles.